The predicted molar refractivity (Wildman–Crippen MR) is 116 cm³/mol. The zero-order valence-electron chi connectivity index (χ0n) is 17.5. The summed E-state index contributed by atoms with van der Waals surface area (Å²) in [7, 11) is 0. The number of carbonyl (C=O) groups excluding carboxylic acids is 2. The minimum Gasteiger partial charge on any atom is -0.379 e. The first-order valence-electron chi connectivity index (χ1n) is 9.99. The Morgan fingerprint density at radius 2 is 1.74 bits per heavy atom. The lowest BCUT2D eigenvalue weighted by Gasteiger charge is -2.20. The third kappa shape index (κ3) is 4.73. The lowest BCUT2D eigenvalue weighted by molar-refractivity contribution is -0.165. The highest BCUT2D eigenvalue weighted by Gasteiger charge is 2.36. The van der Waals surface area contributed by atoms with Gasteiger partial charge in [0.25, 0.3) is 5.78 Å². The second-order valence-corrected chi connectivity index (χ2v) is 7.57. The molecule has 3 rings (SSSR count). The molecular formula is C23H24F3N3O2. The number of ketones is 1. The van der Waals surface area contributed by atoms with Crippen molar-refractivity contribution in [1.82, 2.24) is 9.88 Å². The van der Waals surface area contributed by atoms with Crippen LogP contribution in [0.15, 0.2) is 54.7 Å². The van der Waals surface area contributed by atoms with Gasteiger partial charge in [-0.25, -0.2) is 0 Å². The van der Waals surface area contributed by atoms with Gasteiger partial charge in [0.15, 0.2) is 0 Å². The number of aryl methyl sites for hydroxylation is 1. The summed E-state index contributed by atoms with van der Waals surface area (Å²) in [6.07, 6.45) is -3.69. The van der Waals surface area contributed by atoms with E-state index in [1.54, 1.807) is 19.9 Å². The molecule has 0 radical (unpaired) electrons. The van der Waals surface area contributed by atoms with E-state index >= 15 is 0 Å². The number of benzene rings is 2. The van der Waals surface area contributed by atoms with Crippen molar-refractivity contribution < 1.29 is 22.8 Å². The van der Waals surface area contributed by atoms with Crippen LogP contribution in [0.5, 0.6) is 0 Å². The van der Waals surface area contributed by atoms with E-state index in [1.807, 2.05) is 36.4 Å². The number of anilines is 1. The molecule has 164 valence electrons. The Labute approximate surface area is 177 Å². The Morgan fingerprint density at radius 1 is 1.06 bits per heavy atom. The largest absolute Gasteiger partial charge is 0.454 e. The number of alkyl halides is 3. The van der Waals surface area contributed by atoms with Gasteiger partial charge in [0.1, 0.15) is 6.04 Å². The normalized spacial score (nSPS) is 13.3. The molecule has 0 fully saturated rings. The van der Waals surface area contributed by atoms with Gasteiger partial charge < -0.3 is 15.2 Å². The number of aromatic nitrogens is 1. The van der Waals surface area contributed by atoms with Crippen LogP contribution < -0.4 is 10.6 Å². The number of amides is 1. The predicted octanol–water partition coefficient (Wildman–Crippen LogP) is 5.01. The van der Waals surface area contributed by atoms with Crippen LogP contribution in [-0.2, 0) is 16.1 Å². The number of allylic oxidation sites excluding steroid dienone is 1. The lowest BCUT2D eigenvalue weighted by Crippen LogP contribution is -2.42. The Kier molecular flexibility index (Phi) is 6.38. The first kappa shape index (κ1) is 22.4. The number of nitrogens with zero attached hydrogens (tertiary/aromatic N) is 1. The first-order chi connectivity index (χ1) is 14.6. The molecule has 1 atom stereocenters. The van der Waals surface area contributed by atoms with Gasteiger partial charge in [0, 0.05) is 46.3 Å². The van der Waals surface area contributed by atoms with Crippen molar-refractivity contribution in [2.24, 2.45) is 5.92 Å². The molecule has 0 bridgehead atoms. The molecule has 0 saturated heterocycles. The first-order valence-corrected chi connectivity index (χ1v) is 9.99. The molecular weight excluding hydrogens is 407 g/mol. The van der Waals surface area contributed by atoms with Crippen LogP contribution in [0, 0.1) is 5.92 Å². The van der Waals surface area contributed by atoms with Gasteiger partial charge in [-0.15, -0.1) is 0 Å². The third-order valence-electron chi connectivity index (χ3n) is 5.10. The van der Waals surface area contributed by atoms with Crippen LogP contribution in [0.1, 0.15) is 20.8 Å². The van der Waals surface area contributed by atoms with E-state index in [4.69, 9.17) is 0 Å². The van der Waals surface area contributed by atoms with Crippen molar-refractivity contribution in [3.63, 3.8) is 0 Å². The summed E-state index contributed by atoms with van der Waals surface area (Å²) < 4.78 is 39.2. The second kappa shape index (κ2) is 8.83. The number of nitrogens with one attached hydrogen (secondary N) is 2. The van der Waals surface area contributed by atoms with E-state index in [0.717, 1.165) is 34.6 Å². The van der Waals surface area contributed by atoms with Crippen LogP contribution in [-0.4, -0.2) is 28.5 Å². The monoisotopic (exact) mass is 431 g/mol. The van der Waals surface area contributed by atoms with Crippen molar-refractivity contribution in [2.45, 2.75) is 39.5 Å². The van der Waals surface area contributed by atoms with E-state index in [0.29, 0.717) is 11.8 Å². The molecule has 0 aliphatic rings. The average Bonchev–Trinajstić information content (AvgIpc) is 3.03. The number of hydrogen-bond acceptors (Lipinski definition) is 3. The number of rotatable bonds is 7. The molecule has 2 N–H and O–H groups in total. The fourth-order valence-corrected chi connectivity index (χ4v) is 3.58. The average molecular weight is 431 g/mol. The van der Waals surface area contributed by atoms with Crippen molar-refractivity contribution in [2.75, 3.05) is 5.32 Å². The van der Waals surface area contributed by atoms with Gasteiger partial charge >= 0.3 is 6.18 Å². The van der Waals surface area contributed by atoms with Gasteiger partial charge in [0.2, 0.25) is 5.91 Å². The summed E-state index contributed by atoms with van der Waals surface area (Å²) in [5.74, 6) is -2.62. The Morgan fingerprint density at radius 3 is 2.39 bits per heavy atom. The lowest BCUT2D eigenvalue weighted by atomic mass is 10.0. The quantitative estimate of drug-likeness (QED) is 0.517. The summed E-state index contributed by atoms with van der Waals surface area (Å²) >= 11 is 0. The molecule has 0 saturated carbocycles. The van der Waals surface area contributed by atoms with E-state index in [2.05, 4.69) is 22.1 Å². The maximum atomic E-state index is 12.8. The molecule has 2 aromatic carbocycles. The zero-order valence-corrected chi connectivity index (χ0v) is 17.5. The summed E-state index contributed by atoms with van der Waals surface area (Å²) in [6.45, 7) is 6.39. The van der Waals surface area contributed by atoms with Crippen LogP contribution in [0.2, 0.25) is 0 Å². The number of hydrogen-bond donors (Lipinski definition) is 2. The molecule has 0 aliphatic carbocycles. The van der Waals surface area contributed by atoms with Crippen molar-refractivity contribution in [3.8, 4) is 0 Å². The van der Waals surface area contributed by atoms with Crippen LogP contribution >= 0.6 is 0 Å². The number of para-hydroxylation sites is 1. The molecule has 1 unspecified atom stereocenters. The van der Waals surface area contributed by atoms with Gasteiger partial charge in [-0.05, 0) is 37.1 Å². The molecule has 0 spiro atoms. The Hall–Kier alpha value is -3.29. The van der Waals surface area contributed by atoms with E-state index < -0.39 is 23.9 Å². The van der Waals surface area contributed by atoms with Crippen LogP contribution in [0.3, 0.4) is 0 Å². The van der Waals surface area contributed by atoms with Gasteiger partial charge in [-0.2, -0.15) is 13.2 Å². The number of carbonyl (C=O) groups is 2. The van der Waals surface area contributed by atoms with E-state index in [-0.39, 0.29) is 5.92 Å². The summed E-state index contributed by atoms with van der Waals surface area (Å²) in [4.78, 5) is 23.7. The molecule has 1 aromatic heterocycles. The fraction of sp³-hybridized carbons (Fsp3) is 0.304. The minimum absolute atomic E-state index is 0.226. The molecule has 0 aliphatic heterocycles. The maximum absolute atomic E-state index is 12.8. The highest BCUT2D eigenvalue weighted by Crippen LogP contribution is 2.31. The third-order valence-corrected chi connectivity index (χ3v) is 5.10. The molecule has 1 amide bonds. The molecule has 1 heterocycles. The van der Waals surface area contributed by atoms with Crippen molar-refractivity contribution >= 4 is 39.2 Å². The standard InChI is InChI=1S/C23H24F3N3O2/c1-4-29-18-8-6-5-7-16(18)17-13-15(9-10-19(17)29)28-22(31)21(14(2)3)27-12-11-20(30)23(24,25)26/h5-14,21,27H,4H2,1-3H3,(H,28,31)/b12-11+. The van der Waals surface area contributed by atoms with Gasteiger partial charge in [-0.3, -0.25) is 9.59 Å². The smallest absolute Gasteiger partial charge is 0.379 e. The Balaban J connectivity index is 1.83. The topological polar surface area (TPSA) is 63.1 Å². The zero-order chi connectivity index (χ0) is 22.8. The van der Waals surface area contributed by atoms with E-state index in [1.165, 1.54) is 0 Å². The molecule has 3 aromatic rings. The summed E-state index contributed by atoms with van der Waals surface area (Å²) in [5.41, 5.74) is 2.73. The minimum atomic E-state index is -4.94. The van der Waals surface area contributed by atoms with Gasteiger partial charge in [0.05, 0.1) is 0 Å². The summed E-state index contributed by atoms with van der Waals surface area (Å²) in [5, 5.41) is 7.50. The number of fused-ring (bicyclic) bond motifs is 3. The van der Waals surface area contributed by atoms with Crippen molar-refractivity contribution in [3.05, 3.63) is 54.7 Å². The second-order valence-electron chi connectivity index (χ2n) is 7.57. The highest BCUT2D eigenvalue weighted by atomic mass is 19.4. The van der Waals surface area contributed by atoms with E-state index in [9.17, 15) is 22.8 Å². The summed E-state index contributed by atoms with van der Waals surface area (Å²) in [6, 6.07) is 12.8. The van der Waals surface area contributed by atoms with Crippen LogP contribution in [0.25, 0.3) is 21.8 Å². The fourth-order valence-electron chi connectivity index (χ4n) is 3.58. The van der Waals surface area contributed by atoms with Crippen LogP contribution in [0.4, 0.5) is 18.9 Å². The van der Waals surface area contributed by atoms with Gasteiger partial charge in [-0.1, -0.05) is 32.0 Å². The molecule has 8 heteroatoms. The number of halogens is 3. The van der Waals surface area contributed by atoms with Crippen molar-refractivity contribution in [1.29, 1.82) is 0 Å². The Bertz CT molecular complexity index is 1150. The highest BCUT2D eigenvalue weighted by molar-refractivity contribution is 6.10. The molecule has 31 heavy (non-hydrogen) atoms. The molecule has 5 nitrogen and oxygen atoms in total. The maximum Gasteiger partial charge on any atom is 0.454 e. The SMILES string of the molecule is CCn1c2ccccc2c2cc(NC(=O)C(N/C=C/C(=O)C(F)(F)F)C(C)C)ccc21.